The van der Waals surface area contributed by atoms with Crippen molar-refractivity contribution < 1.29 is 13.9 Å². The third-order valence-corrected chi connectivity index (χ3v) is 6.92. The second kappa shape index (κ2) is 8.61. The Labute approximate surface area is 206 Å². The molecule has 0 radical (unpaired) electrons. The molecule has 8 nitrogen and oxygen atoms in total. The van der Waals surface area contributed by atoms with E-state index in [0.29, 0.717) is 49.6 Å². The Balaban J connectivity index is 1.64. The Morgan fingerprint density at radius 1 is 1.19 bits per heavy atom. The fourth-order valence-corrected chi connectivity index (χ4v) is 5.14. The molecule has 0 aliphatic carbocycles. The summed E-state index contributed by atoms with van der Waals surface area (Å²) in [5.41, 5.74) is 12.4. The number of carbonyl (C=O) groups excluding carboxylic acids is 1. The lowest BCUT2D eigenvalue weighted by Crippen LogP contribution is -2.32. The first-order valence-corrected chi connectivity index (χ1v) is 12.1. The first-order valence-electron chi connectivity index (χ1n) is 12.1. The van der Waals surface area contributed by atoms with Gasteiger partial charge in [-0.05, 0) is 48.4 Å². The number of benzene rings is 3. The average molecular weight is 488 g/mol. The first kappa shape index (κ1) is 22.5. The largest absolute Gasteiger partial charge is 0.451 e. The molecule has 1 fully saturated rings. The maximum Gasteiger partial charge on any atom is 0.256 e. The average Bonchev–Trinajstić information content (AvgIpc) is 3.29. The number of pyridine rings is 1. The zero-order valence-corrected chi connectivity index (χ0v) is 19.6. The topological polar surface area (TPSA) is 116 Å². The Morgan fingerprint density at radius 3 is 2.69 bits per heavy atom. The summed E-state index contributed by atoms with van der Waals surface area (Å²) in [6, 6.07) is 12.8. The molecule has 36 heavy (non-hydrogen) atoms. The number of rotatable bonds is 5. The predicted molar refractivity (Wildman–Crippen MR) is 138 cm³/mol. The summed E-state index contributed by atoms with van der Waals surface area (Å²) in [6.45, 7) is 1.81. The van der Waals surface area contributed by atoms with Crippen molar-refractivity contribution in [2.45, 2.75) is 18.9 Å². The number of nitrogens with two attached hydrogens (primary N) is 2. The van der Waals surface area contributed by atoms with Crippen molar-refractivity contribution >= 4 is 33.3 Å². The van der Waals surface area contributed by atoms with Crippen LogP contribution >= 0.6 is 0 Å². The second-order valence-electron chi connectivity index (χ2n) is 9.34. The number of ether oxygens (including phenoxy) is 1. The zero-order valence-electron chi connectivity index (χ0n) is 19.6. The molecular weight excluding hydrogens is 461 g/mol. The molecule has 1 atom stereocenters. The van der Waals surface area contributed by atoms with Gasteiger partial charge in [0, 0.05) is 31.9 Å². The minimum atomic E-state index is -0.583. The van der Waals surface area contributed by atoms with E-state index in [4.69, 9.17) is 16.2 Å². The number of halogens is 1. The van der Waals surface area contributed by atoms with Crippen molar-refractivity contribution in [3.05, 3.63) is 70.3 Å². The van der Waals surface area contributed by atoms with Gasteiger partial charge in [-0.25, -0.2) is 4.39 Å². The van der Waals surface area contributed by atoms with Crippen LogP contribution < -0.4 is 31.8 Å². The molecule has 1 amide bonds. The third kappa shape index (κ3) is 3.51. The molecule has 4 aromatic rings. The third-order valence-electron chi connectivity index (χ3n) is 6.92. The van der Waals surface area contributed by atoms with Crippen LogP contribution in [0.2, 0.25) is 0 Å². The van der Waals surface area contributed by atoms with E-state index >= 15 is 4.39 Å². The summed E-state index contributed by atoms with van der Waals surface area (Å²) < 4.78 is 23.8. The lowest BCUT2D eigenvalue weighted by Gasteiger charge is -2.29. The minimum Gasteiger partial charge on any atom is -0.451 e. The number of hydrogen-bond acceptors (Lipinski definition) is 6. The van der Waals surface area contributed by atoms with Gasteiger partial charge in [-0.3, -0.25) is 9.59 Å². The maximum atomic E-state index is 15.7. The van der Waals surface area contributed by atoms with Crippen LogP contribution in [0.3, 0.4) is 0 Å². The smallest absolute Gasteiger partial charge is 0.256 e. The Hall–Kier alpha value is -3.95. The van der Waals surface area contributed by atoms with Crippen LogP contribution in [-0.2, 0) is 0 Å². The summed E-state index contributed by atoms with van der Waals surface area (Å²) in [5, 5.41) is 4.75. The van der Waals surface area contributed by atoms with Crippen molar-refractivity contribution in [1.29, 1.82) is 0 Å². The molecule has 9 heteroatoms. The molecule has 0 unspecified atom stereocenters. The van der Waals surface area contributed by atoms with E-state index in [1.807, 2.05) is 41.3 Å². The summed E-state index contributed by atoms with van der Waals surface area (Å²) in [7, 11) is 0. The van der Waals surface area contributed by atoms with Crippen molar-refractivity contribution in [3.8, 4) is 17.2 Å². The van der Waals surface area contributed by atoms with E-state index in [9.17, 15) is 9.59 Å². The Kier molecular flexibility index (Phi) is 5.39. The van der Waals surface area contributed by atoms with Gasteiger partial charge in [0.2, 0.25) is 5.43 Å². The van der Waals surface area contributed by atoms with Gasteiger partial charge in [-0.15, -0.1) is 0 Å². The standard InChI is InChI=1S/C27H26FN5O3/c28-20-12-18-23-26(24(20)32-9-6-17(30)13-32)36-22-11-16-5-2-1-4-15(16)10-21(22)33(23)14-19(25(18)34)27(35)31-8-3-7-29/h1-2,4-5,10-12,14,17H,3,6-9,13,29-30H2,(H,31,35)/t17-/m1/s1. The zero-order chi connectivity index (χ0) is 25.0. The SMILES string of the molecule is NCCCNC(=O)c1cn2c3c(c(N4CC[C@@H](N)C4)c(F)cc3c1=O)Oc1cc3ccccc3cc1-2. The fourth-order valence-electron chi connectivity index (χ4n) is 5.14. The van der Waals surface area contributed by atoms with Gasteiger partial charge in [0.1, 0.15) is 16.8 Å². The van der Waals surface area contributed by atoms with Crippen LogP contribution in [-0.4, -0.2) is 42.7 Å². The molecule has 6 rings (SSSR count). The lowest BCUT2D eigenvalue weighted by atomic mass is 10.0. The van der Waals surface area contributed by atoms with E-state index in [1.165, 1.54) is 12.3 Å². The van der Waals surface area contributed by atoms with Gasteiger partial charge < -0.3 is 31.0 Å². The molecule has 5 N–H and O–H groups in total. The molecule has 184 valence electrons. The van der Waals surface area contributed by atoms with E-state index in [0.717, 1.165) is 17.2 Å². The van der Waals surface area contributed by atoms with Crippen molar-refractivity contribution in [1.82, 2.24) is 9.88 Å². The highest BCUT2D eigenvalue weighted by molar-refractivity contribution is 6.02. The number of hydrogen-bond donors (Lipinski definition) is 3. The molecular formula is C27H26FN5O3. The normalized spacial score (nSPS) is 16.3. The molecule has 0 saturated carbocycles. The van der Waals surface area contributed by atoms with Crippen LogP contribution in [0.25, 0.3) is 27.4 Å². The summed E-state index contributed by atoms with van der Waals surface area (Å²) in [4.78, 5) is 28.3. The van der Waals surface area contributed by atoms with E-state index in [2.05, 4.69) is 5.32 Å². The van der Waals surface area contributed by atoms with Crippen LogP contribution in [0.4, 0.5) is 10.1 Å². The Morgan fingerprint density at radius 2 is 1.97 bits per heavy atom. The van der Waals surface area contributed by atoms with Gasteiger partial charge in [0.25, 0.3) is 5.91 Å². The molecule has 1 saturated heterocycles. The molecule has 3 aromatic carbocycles. The summed E-state index contributed by atoms with van der Waals surface area (Å²) >= 11 is 0. The quantitative estimate of drug-likeness (QED) is 0.328. The molecule has 0 spiro atoms. The first-order chi connectivity index (χ1) is 17.5. The number of fused-ring (bicyclic) bond motifs is 3. The van der Waals surface area contributed by atoms with E-state index in [1.54, 1.807) is 4.57 Å². The van der Waals surface area contributed by atoms with Gasteiger partial charge >= 0.3 is 0 Å². The summed E-state index contributed by atoms with van der Waals surface area (Å²) in [5.74, 6) is -0.338. The van der Waals surface area contributed by atoms with Gasteiger partial charge in [-0.1, -0.05) is 24.3 Å². The van der Waals surface area contributed by atoms with Crippen molar-refractivity contribution in [2.75, 3.05) is 31.1 Å². The monoisotopic (exact) mass is 487 g/mol. The molecule has 0 bridgehead atoms. The lowest BCUT2D eigenvalue weighted by molar-refractivity contribution is 0.0952. The van der Waals surface area contributed by atoms with Crippen LogP contribution in [0.15, 0.2) is 53.5 Å². The van der Waals surface area contributed by atoms with E-state index in [-0.39, 0.29) is 28.4 Å². The molecule has 2 aliphatic rings. The number of nitrogens with zero attached hydrogens (tertiary/aromatic N) is 2. The number of carbonyl (C=O) groups is 1. The fraction of sp³-hybridized carbons (Fsp3) is 0.259. The molecule has 2 aliphatic heterocycles. The molecule has 3 heterocycles. The maximum absolute atomic E-state index is 15.7. The molecule has 1 aromatic heterocycles. The Bertz CT molecular complexity index is 1600. The highest BCUT2D eigenvalue weighted by Gasteiger charge is 2.32. The number of nitrogens with one attached hydrogen (secondary N) is 1. The van der Waals surface area contributed by atoms with Crippen molar-refractivity contribution in [2.24, 2.45) is 11.5 Å². The van der Waals surface area contributed by atoms with Gasteiger partial charge in [-0.2, -0.15) is 0 Å². The van der Waals surface area contributed by atoms with Crippen molar-refractivity contribution in [3.63, 3.8) is 0 Å². The van der Waals surface area contributed by atoms with Crippen LogP contribution in [0.5, 0.6) is 11.5 Å². The highest BCUT2D eigenvalue weighted by Crippen LogP contribution is 2.48. The number of anilines is 1. The minimum absolute atomic E-state index is 0.0678. The van der Waals surface area contributed by atoms with Crippen LogP contribution in [0, 0.1) is 5.82 Å². The highest BCUT2D eigenvalue weighted by atomic mass is 19.1. The second-order valence-corrected chi connectivity index (χ2v) is 9.34. The summed E-state index contributed by atoms with van der Waals surface area (Å²) in [6.07, 6.45) is 2.84. The number of aromatic nitrogens is 1. The van der Waals surface area contributed by atoms with Gasteiger partial charge in [0.05, 0.1) is 11.1 Å². The van der Waals surface area contributed by atoms with Gasteiger partial charge in [0.15, 0.2) is 17.3 Å². The predicted octanol–water partition coefficient (Wildman–Crippen LogP) is 3.00. The van der Waals surface area contributed by atoms with E-state index < -0.39 is 17.2 Å². The van der Waals surface area contributed by atoms with Crippen LogP contribution in [0.1, 0.15) is 23.2 Å². The number of amides is 1.